The molecule has 1 atom stereocenters. The molecule has 194 valence electrons. The molecule has 8 nitrogen and oxygen atoms in total. The van der Waals surface area contributed by atoms with Gasteiger partial charge in [-0.2, -0.15) is 5.26 Å². The van der Waals surface area contributed by atoms with Gasteiger partial charge in [0.2, 0.25) is 0 Å². The summed E-state index contributed by atoms with van der Waals surface area (Å²) >= 11 is 12.5. The van der Waals surface area contributed by atoms with Gasteiger partial charge in [-0.25, -0.2) is 0 Å². The van der Waals surface area contributed by atoms with E-state index in [-0.39, 0.29) is 26.9 Å². The number of anilines is 1. The molecule has 1 amide bonds. The molecule has 1 heterocycles. The fourth-order valence-electron chi connectivity index (χ4n) is 4.33. The fourth-order valence-corrected chi connectivity index (χ4v) is 4.90. The Morgan fingerprint density at radius 2 is 1.74 bits per heavy atom. The van der Waals surface area contributed by atoms with Crippen molar-refractivity contribution >= 4 is 46.3 Å². The maximum atomic E-state index is 13.5. The molecule has 1 aliphatic heterocycles. The van der Waals surface area contributed by atoms with E-state index in [1.54, 1.807) is 30.3 Å². The molecule has 1 N–H and O–H groups in total. The number of rotatable bonds is 7. The third-order valence-electron chi connectivity index (χ3n) is 5.99. The summed E-state index contributed by atoms with van der Waals surface area (Å²) in [5.41, 5.74) is 1.03. The van der Waals surface area contributed by atoms with Gasteiger partial charge in [0.15, 0.2) is 11.5 Å². The van der Waals surface area contributed by atoms with Crippen LogP contribution in [0.1, 0.15) is 29.7 Å². The van der Waals surface area contributed by atoms with E-state index in [0.717, 1.165) is 0 Å². The molecular formula is C28H22Cl2N2O6. The number of amides is 1. The first-order valence-electron chi connectivity index (χ1n) is 11.4. The van der Waals surface area contributed by atoms with Gasteiger partial charge in [-0.3, -0.25) is 14.5 Å². The van der Waals surface area contributed by atoms with Crippen LogP contribution in [0.5, 0.6) is 17.2 Å². The van der Waals surface area contributed by atoms with Crippen molar-refractivity contribution in [1.29, 1.82) is 5.26 Å². The number of ketones is 1. The summed E-state index contributed by atoms with van der Waals surface area (Å²) in [6.45, 7) is 2.15. The van der Waals surface area contributed by atoms with Crippen LogP contribution >= 0.6 is 23.2 Å². The number of ether oxygens (including phenoxy) is 3. The molecule has 1 aliphatic rings. The number of nitriles is 1. The van der Waals surface area contributed by atoms with Crippen LogP contribution in [0.3, 0.4) is 0 Å². The van der Waals surface area contributed by atoms with Crippen molar-refractivity contribution in [2.75, 3.05) is 25.7 Å². The lowest BCUT2D eigenvalue weighted by molar-refractivity contribution is -0.132. The molecule has 0 aromatic heterocycles. The number of halogens is 2. The Kier molecular flexibility index (Phi) is 7.81. The number of hydrogen-bond acceptors (Lipinski definition) is 7. The average Bonchev–Trinajstić information content (AvgIpc) is 3.18. The van der Waals surface area contributed by atoms with Crippen molar-refractivity contribution in [3.05, 3.63) is 86.9 Å². The summed E-state index contributed by atoms with van der Waals surface area (Å²) in [5, 5.41) is 21.0. The molecule has 0 radical (unpaired) electrons. The van der Waals surface area contributed by atoms with Crippen LogP contribution < -0.4 is 19.1 Å². The van der Waals surface area contributed by atoms with Crippen molar-refractivity contribution in [2.24, 2.45) is 0 Å². The van der Waals surface area contributed by atoms with Crippen molar-refractivity contribution in [1.82, 2.24) is 0 Å². The van der Waals surface area contributed by atoms with Gasteiger partial charge in [-0.1, -0.05) is 29.3 Å². The minimum atomic E-state index is -1.07. The number of carbonyl (C=O) groups excluding carboxylic acids is 2. The summed E-state index contributed by atoms with van der Waals surface area (Å²) in [7, 11) is 2.85. The first-order chi connectivity index (χ1) is 18.2. The minimum Gasteiger partial charge on any atom is -0.507 e. The fraction of sp³-hybridized carbons (Fsp3) is 0.179. The zero-order valence-electron chi connectivity index (χ0n) is 20.6. The largest absolute Gasteiger partial charge is 0.507 e. The van der Waals surface area contributed by atoms with Crippen LogP contribution in [0.4, 0.5) is 5.69 Å². The maximum absolute atomic E-state index is 13.5. The summed E-state index contributed by atoms with van der Waals surface area (Å²) in [5.74, 6) is -1.39. The lowest BCUT2D eigenvalue weighted by atomic mass is 9.94. The Balaban J connectivity index is 2.02. The number of aliphatic hydroxyl groups is 1. The van der Waals surface area contributed by atoms with Crippen molar-refractivity contribution < 1.29 is 28.9 Å². The number of carbonyl (C=O) groups is 2. The third-order valence-corrected chi connectivity index (χ3v) is 6.49. The van der Waals surface area contributed by atoms with E-state index in [4.69, 9.17) is 37.4 Å². The standard InChI is InChI=1S/C28H22Cl2N2O6/c1-4-38-22-11-16(7-10-21(22)36-2)24-23(25(33)19-12-17(29)13-20(30)27(19)37-3)26(34)28(35)32(24)18-8-5-15(14-31)6-9-18/h5-13,24,33H,4H2,1-3H3/b25-23+. The number of nitrogens with zero attached hydrogens (tertiary/aromatic N) is 2. The van der Waals surface area contributed by atoms with E-state index >= 15 is 0 Å². The molecule has 3 aromatic carbocycles. The summed E-state index contributed by atoms with van der Waals surface area (Å²) in [6.07, 6.45) is 0. The second kappa shape index (κ2) is 11.1. The highest BCUT2D eigenvalue weighted by Crippen LogP contribution is 2.46. The summed E-state index contributed by atoms with van der Waals surface area (Å²) < 4.78 is 16.5. The van der Waals surface area contributed by atoms with Gasteiger partial charge in [-0.15, -0.1) is 0 Å². The smallest absolute Gasteiger partial charge is 0.300 e. The third kappa shape index (κ3) is 4.74. The molecule has 1 unspecified atom stereocenters. The molecule has 0 aliphatic carbocycles. The SMILES string of the molecule is CCOc1cc(C2/C(=C(\O)c3cc(Cl)cc(Cl)c3OC)C(=O)C(=O)N2c2ccc(C#N)cc2)ccc1OC. The van der Waals surface area contributed by atoms with E-state index in [2.05, 4.69) is 0 Å². The van der Waals surface area contributed by atoms with Gasteiger partial charge in [0, 0.05) is 10.7 Å². The van der Waals surface area contributed by atoms with Crippen molar-refractivity contribution in [2.45, 2.75) is 13.0 Å². The van der Waals surface area contributed by atoms with E-state index in [1.807, 2.05) is 13.0 Å². The molecule has 0 spiro atoms. The Labute approximate surface area is 229 Å². The highest BCUT2D eigenvalue weighted by atomic mass is 35.5. The number of aliphatic hydroxyl groups excluding tert-OH is 1. The van der Waals surface area contributed by atoms with E-state index in [9.17, 15) is 20.0 Å². The molecule has 38 heavy (non-hydrogen) atoms. The van der Waals surface area contributed by atoms with Crippen molar-refractivity contribution in [3.8, 4) is 23.3 Å². The zero-order valence-corrected chi connectivity index (χ0v) is 22.1. The summed E-state index contributed by atoms with van der Waals surface area (Å²) in [6, 6.07) is 14.9. The van der Waals surface area contributed by atoms with Crippen LogP contribution in [-0.4, -0.2) is 37.6 Å². The Bertz CT molecular complexity index is 1490. The zero-order chi connectivity index (χ0) is 27.6. The monoisotopic (exact) mass is 552 g/mol. The van der Waals surface area contributed by atoms with Gasteiger partial charge >= 0.3 is 0 Å². The molecule has 10 heteroatoms. The first kappa shape index (κ1) is 26.9. The number of Topliss-reactive ketones (excluding diaryl/α,β-unsaturated/α-hetero) is 1. The Morgan fingerprint density at radius 3 is 2.34 bits per heavy atom. The lowest BCUT2D eigenvalue weighted by Crippen LogP contribution is -2.29. The minimum absolute atomic E-state index is 0.0476. The van der Waals surface area contributed by atoms with Gasteiger partial charge in [-0.05, 0) is 61.0 Å². The molecule has 3 aromatic rings. The maximum Gasteiger partial charge on any atom is 0.300 e. The predicted molar refractivity (Wildman–Crippen MR) is 143 cm³/mol. The molecular weight excluding hydrogens is 531 g/mol. The van der Waals surface area contributed by atoms with Crippen LogP contribution in [0.2, 0.25) is 10.0 Å². The molecule has 0 bridgehead atoms. The molecule has 1 fully saturated rings. The second-order valence-corrected chi connectivity index (χ2v) is 8.98. The van der Waals surface area contributed by atoms with Crippen LogP contribution in [0, 0.1) is 11.3 Å². The number of methoxy groups -OCH3 is 2. The lowest BCUT2D eigenvalue weighted by Gasteiger charge is -2.26. The van der Waals surface area contributed by atoms with Crippen molar-refractivity contribution in [3.63, 3.8) is 0 Å². The first-order valence-corrected chi connectivity index (χ1v) is 12.2. The van der Waals surface area contributed by atoms with Crippen LogP contribution in [-0.2, 0) is 9.59 Å². The van der Waals surface area contributed by atoms with Gasteiger partial charge in [0.05, 0.1) is 54.7 Å². The summed E-state index contributed by atoms with van der Waals surface area (Å²) in [4.78, 5) is 28.2. The highest BCUT2D eigenvalue weighted by molar-refractivity contribution is 6.52. The number of benzene rings is 3. The molecule has 0 saturated carbocycles. The van der Waals surface area contributed by atoms with Crippen LogP contribution in [0.25, 0.3) is 5.76 Å². The normalized spacial score (nSPS) is 16.3. The predicted octanol–water partition coefficient (Wildman–Crippen LogP) is 5.91. The van der Waals surface area contributed by atoms with E-state index in [0.29, 0.717) is 34.9 Å². The Morgan fingerprint density at radius 1 is 1.03 bits per heavy atom. The topological polar surface area (TPSA) is 109 Å². The van der Waals surface area contributed by atoms with E-state index in [1.165, 1.54) is 43.4 Å². The van der Waals surface area contributed by atoms with Gasteiger partial charge < -0.3 is 19.3 Å². The van der Waals surface area contributed by atoms with Gasteiger partial charge in [0.1, 0.15) is 11.5 Å². The second-order valence-electron chi connectivity index (χ2n) is 8.14. The highest BCUT2D eigenvalue weighted by Gasteiger charge is 2.47. The average molecular weight is 553 g/mol. The number of hydrogen-bond donors (Lipinski definition) is 1. The quantitative estimate of drug-likeness (QED) is 0.220. The Hall–Kier alpha value is -4.19. The van der Waals surface area contributed by atoms with Crippen LogP contribution in [0.15, 0.2) is 60.2 Å². The van der Waals surface area contributed by atoms with E-state index < -0.39 is 23.5 Å². The molecule has 1 saturated heterocycles. The molecule has 4 rings (SSSR count). The van der Waals surface area contributed by atoms with Gasteiger partial charge in [0.25, 0.3) is 11.7 Å².